The van der Waals surface area contributed by atoms with Crippen molar-refractivity contribution in [3.8, 4) is 0 Å². The van der Waals surface area contributed by atoms with E-state index in [9.17, 15) is 4.79 Å². The minimum atomic E-state index is 0. The number of amides is 1. The lowest BCUT2D eigenvalue weighted by molar-refractivity contribution is -0.123. The van der Waals surface area contributed by atoms with Gasteiger partial charge in [0.15, 0.2) is 0 Å². The number of nitrogens with one attached hydrogen (secondary N) is 2. The first-order valence-electron chi connectivity index (χ1n) is 6.35. The van der Waals surface area contributed by atoms with Crippen LogP contribution in [0.2, 0.25) is 0 Å². The summed E-state index contributed by atoms with van der Waals surface area (Å²) < 4.78 is 1.88. The van der Waals surface area contributed by atoms with E-state index in [1.165, 1.54) is 6.42 Å². The molecule has 2 heterocycles. The Kier molecular flexibility index (Phi) is 6.75. The van der Waals surface area contributed by atoms with Gasteiger partial charge >= 0.3 is 0 Å². The number of piperidine rings is 1. The molecule has 18 heavy (non-hydrogen) atoms. The van der Waals surface area contributed by atoms with Crippen LogP contribution in [-0.4, -0.2) is 34.8 Å². The molecule has 0 spiro atoms. The molecule has 2 N–H and O–H groups in total. The lowest BCUT2D eigenvalue weighted by atomic mass is 10.0. The first-order valence-corrected chi connectivity index (χ1v) is 6.35. The Morgan fingerprint density at radius 2 is 2.39 bits per heavy atom. The second-order valence-electron chi connectivity index (χ2n) is 4.42. The van der Waals surface area contributed by atoms with Crippen molar-refractivity contribution in [3.63, 3.8) is 0 Å². The molecule has 0 aromatic carbocycles. The molecule has 0 bridgehead atoms. The molecule has 1 unspecified atom stereocenters. The largest absolute Gasteiger partial charge is 0.355 e. The number of hydrogen-bond acceptors (Lipinski definition) is 3. The monoisotopic (exact) mass is 272 g/mol. The van der Waals surface area contributed by atoms with Crippen LogP contribution < -0.4 is 10.6 Å². The Morgan fingerprint density at radius 3 is 3.06 bits per heavy atom. The fraction of sp³-hybridized carbons (Fsp3) is 0.667. The van der Waals surface area contributed by atoms with Crippen molar-refractivity contribution >= 4 is 18.3 Å². The number of nitrogens with zero attached hydrogens (tertiary/aromatic N) is 2. The summed E-state index contributed by atoms with van der Waals surface area (Å²) in [6.45, 7) is 2.54. The highest BCUT2D eigenvalue weighted by atomic mass is 35.5. The molecule has 5 nitrogen and oxygen atoms in total. The number of aryl methyl sites for hydroxylation is 1. The predicted molar refractivity (Wildman–Crippen MR) is 72.7 cm³/mol. The zero-order valence-electron chi connectivity index (χ0n) is 10.5. The quantitative estimate of drug-likeness (QED) is 0.785. The highest BCUT2D eigenvalue weighted by Gasteiger charge is 2.19. The van der Waals surface area contributed by atoms with E-state index in [2.05, 4.69) is 15.7 Å². The zero-order chi connectivity index (χ0) is 11.9. The average Bonchev–Trinajstić information content (AvgIpc) is 2.88. The van der Waals surface area contributed by atoms with Gasteiger partial charge < -0.3 is 10.6 Å². The Morgan fingerprint density at radius 1 is 1.50 bits per heavy atom. The number of rotatable bonds is 5. The molecule has 6 heteroatoms. The van der Waals surface area contributed by atoms with Gasteiger partial charge in [0.2, 0.25) is 5.91 Å². The van der Waals surface area contributed by atoms with E-state index in [1.54, 1.807) is 6.20 Å². The summed E-state index contributed by atoms with van der Waals surface area (Å²) >= 11 is 0. The molecule has 1 atom stereocenters. The van der Waals surface area contributed by atoms with Crippen LogP contribution >= 0.6 is 12.4 Å². The van der Waals surface area contributed by atoms with Gasteiger partial charge in [0.05, 0.1) is 6.04 Å². The Bertz CT molecular complexity index is 336. The highest BCUT2D eigenvalue weighted by Crippen LogP contribution is 2.06. The van der Waals surface area contributed by atoms with Gasteiger partial charge in [0, 0.05) is 25.5 Å². The van der Waals surface area contributed by atoms with Crippen molar-refractivity contribution in [3.05, 3.63) is 18.5 Å². The minimum absolute atomic E-state index is 0. The Labute approximate surface area is 114 Å². The lowest BCUT2D eigenvalue weighted by Gasteiger charge is -2.22. The van der Waals surface area contributed by atoms with E-state index in [4.69, 9.17) is 0 Å². The second-order valence-corrected chi connectivity index (χ2v) is 4.42. The van der Waals surface area contributed by atoms with E-state index in [0.717, 1.165) is 38.9 Å². The number of carbonyl (C=O) groups is 1. The fourth-order valence-electron chi connectivity index (χ4n) is 2.08. The van der Waals surface area contributed by atoms with Crippen LogP contribution in [-0.2, 0) is 11.3 Å². The summed E-state index contributed by atoms with van der Waals surface area (Å²) in [7, 11) is 0. The molecule has 1 aliphatic heterocycles. The number of halogens is 1. The summed E-state index contributed by atoms with van der Waals surface area (Å²) in [6, 6.07) is 1.93. The highest BCUT2D eigenvalue weighted by molar-refractivity contribution is 5.85. The molecular weight excluding hydrogens is 252 g/mol. The molecule has 0 radical (unpaired) electrons. The maximum absolute atomic E-state index is 11.8. The van der Waals surface area contributed by atoms with Crippen molar-refractivity contribution in [2.24, 2.45) is 0 Å². The fourth-order valence-corrected chi connectivity index (χ4v) is 2.08. The van der Waals surface area contributed by atoms with Gasteiger partial charge in [-0.15, -0.1) is 12.4 Å². The Balaban J connectivity index is 0.00000162. The van der Waals surface area contributed by atoms with E-state index in [0.29, 0.717) is 0 Å². The summed E-state index contributed by atoms with van der Waals surface area (Å²) in [6.07, 6.45) is 7.92. The number of hydrogen-bond donors (Lipinski definition) is 2. The summed E-state index contributed by atoms with van der Waals surface area (Å²) in [5.41, 5.74) is 0. The van der Waals surface area contributed by atoms with Crippen LogP contribution in [0.3, 0.4) is 0 Å². The predicted octanol–water partition coefficient (Wildman–Crippen LogP) is 0.953. The molecule has 1 saturated heterocycles. The van der Waals surface area contributed by atoms with Crippen LogP contribution in [0.5, 0.6) is 0 Å². The maximum atomic E-state index is 11.8. The van der Waals surface area contributed by atoms with Crippen molar-refractivity contribution in [2.45, 2.75) is 38.3 Å². The third-order valence-electron chi connectivity index (χ3n) is 3.05. The van der Waals surface area contributed by atoms with Crippen LogP contribution in [0.25, 0.3) is 0 Å². The number of carbonyl (C=O) groups excluding carboxylic acids is 1. The Hall–Kier alpha value is -1.07. The molecule has 2 rings (SSSR count). The van der Waals surface area contributed by atoms with Crippen molar-refractivity contribution in [1.29, 1.82) is 0 Å². The zero-order valence-corrected chi connectivity index (χ0v) is 11.3. The third-order valence-corrected chi connectivity index (χ3v) is 3.05. The van der Waals surface area contributed by atoms with E-state index in [-0.39, 0.29) is 24.4 Å². The first-order chi connectivity index (χ1) is 8.36. The molecule has 1 aromatic rings. The molecule has 0 aliphatic carbocycles. The van der Waals surface area contributed by atoms with Gasteiger partial charge in [0.1, 0.15) is 0 Å². The van der Waals surface area contributed by atoms with Crippen molar-refractivity contribution < 1.29 is 4.79 Å². The molecule has 1 aliphatic rings. The first kappa shape index (κ1) is 15.0. The number of aromatic nitrogens is 2. The van der Waals surface area contributed by atoms with Gasteiger partial charge in [-0.25, -0.2) is 0 Å². The van der Waals surface area contributed by atoms with Crippen molar-refractivity contribution in [2.75, 3.05) is 13.1 Å². The third kappa shape index (κ3) is 4.66. The van der Waals surface area contributed by atoms with E-state index >= 15 is 0 Å². The maximum Gasteiger partial charge on any atom is 0.237 e. The van der Waals surface area contributed by atoms with Gasteiger partial charge in [0.25, 0.3) is 0 Å². The summed E-state index contributed by atoms with van der Waals surface area (Å²) in [4.78, 5) is 11.8. The van der Waals surface area contributed by atoms with Gasteiger partial charge in [-0.3, -0.25) is 9.48 Å². The van der Waals surface area contributed by atoms with Crippen LogP contribution in [0.1, 0.15) is 25.7 Å². The van der Waals surface area contributed by atoms with Crippen LogP contribution in [0.15, 0.2) is 18.5 Å². The SMILES string of the molecule is Cl.O=C(NCCCn1cccn1)C1CCCCN1. The van der Waals surface area contributed by atoms with Gasteiger partial charge in [-0.05, 0) is 31.9 Å². The standard InChI is InChI=1S/C12H20N4O.ClH/c17-12(11-5-1-2-6-13-11)14-7-3-9-16-10-4-8-15-16;/h4,8,10-11,13H,1-3,5-7,9H2,(H,14,17);1H. The molecular formula is C12H21ClN4O. The lowest BCUT2D eigenvalue weighted by Crippen LogP contribution is -2.46. The van der Waals surface area contributed by atoms with Crippen LogP contribution in [0, 0.1) is 0 Å². The van der Waals surface area contributed by atoms with E-state index in [1.807, 2.05) is 16.9 Å². The minimum Gasteiger partial charge on any atom is -0.355 e. The molecule has 1 fully saturated rings. The molecule has 1 aromatic heterocycles. The summed E-state index contributed by atoms with van der Waals surface area (Å²) in [5, 5.41) is 10.3. The topological polar surface area (TPSA) is 59.0 Å². The molecule has 0 saturated carbocycles. The second kappa shape index (κ2) is 8.11. The average molecular weight is 273 g/mol. The normalized spacial score (nSPS) is 19.0. The van der Waals surface area contributed by atoms with Crippen molar-refractivity contribution in [1.82, 2.24) is 20.4 Å². The molecule has 102 valence electrons. The smallest absolute Gasteiger partial charge is 0.237 e. The van der Waals surface area contributed by atoms with Crippen LogP contribution in [0.4, 0.5) is 0 Å². The van der Waals surface area contributed by atoms with Gasteiger partial charge in [-0.1, -0.05) is 6.42 Å². The van der Waals surface area contributed by atoms with E-state index < -0.39 is 0 Å². The van der Waals surface area contributed by atoms with Gasteiger partial charge in [-0.2, -0.15) is 5.10 Å². The summed E-state index contributed by atoms with van der Waals surface area (Å²) in [5.74, 6) is 0.144. The molecule has 1 amide bonds.